The molecule has 0 radical (unpaired) electrons. The molecule has 3 saturated carbocycles. The molecular formula is C17H31N. The maximum Gasteiger partial charge on any atom is 0.0175 e. The van der Waals surface area contributed by atoms with Crippen molar-refractivity contribution < 1.29 is 0 Å². The van der Waals surface area contributed by atoms with Gasteiger partial charge in [0.25, 0.3) is 0 Å². The highest BCUT2D eigenvalue weighted by Gasteiger charge is 2.59. The molecule has 3 fully saturated rings. The Balaban J connectivity index is 1.69. The number of rotatable bonds is 4. The molecule has 0 spiro atoms. The first-order valence-electron chi connectivity index (χ1n) is 8.04. The lowest BCUT2D eigenvalue weighted by Gasteiger charge is -2.44. The minimum atomic E-state index is 0.514. The summed E-state index contributed by atoms with van der Waals surface area (Å²) in [6.45, 7) is 13.6. The van der Waals surface area contributed by atoms with Crippen LogP contribution in [0.2, 0.25) is 0 Å². The van der Waals surface area contributed by atoms with Crippen LogP contribution in [0.15, 0.2) is 0 Å². The van der Waals surface area contributed by atoms with Crippen LogP contribution in [0.25, 0.3) is 0 Å². The van der Waals surface area contributed by atoms with E-state index in [4.69, 9.17) is 0 Å². The first-order valence-corrected chi connectivity index (χ1v) is 8.04. The van der Waals surface area contributed by atoms with Gasteiger partial charge >= 0.3 is 0 Å². The van der Waals surface area contributed by atoms with Gasteiger partial charge in [-0.25, -0.2) is 0 Å². The van der Waals surface area contributed by atoms with Crippen molar-refractivity contribution in [3.05, 3.63) is 0 Å². The molecule has 0 saturated heterocycles. The lowest BCUT2D eigenvalue weighted by molar-refractivity contribution is 0.100. The second-order valence-corrected chi connectivity index (χ2v) is 8.75. The van der Waals surface area contributed by atoms with Gasteiger partial charge < -0.3 is 5.32 Å². The molecule has 0 aromatic heterocycles. The molecule has 0 aliphatic heterocycles. The maximum absolute atomic E-state index is 4.03. The molecule has 2 bridgehead atoms. The first-order chi connectivity index (χ1) is 8.30. The van der Waals surface area contributed by atoms with Crippen molar-refractivity contribution in [3.8, 4) is 0 Å². The van der Waals surface area contributed by atoms with Gasteiger partial charge in [-0.2, -0.15) is 0 Å². The first kappa shape index (κ1) is 13.0. The normalized spacial score (nSPS) is 43.7. The smallest absolute Gasteiger partial charge is 0.0175 e. The van der Waals surface area contributed by atoms with Crippen LogP contribution in [0.3, 0.4) is 0 Å². The average molecular weight is 249 g/mol. The minimum Gasteiger partial charge on any atom is -0.312 e. The summed E-state index contributed by atoms with van der Waals surface area (Å²) in [6.07, 6.45) is 7.28. The highest BCUT2D eigenvalue weighted by Crippen LogP contribution is 2.62. The molecule has 3 rings (SSSR count). The van der Waals surface area contributed by atoms with E-state index in [1.807, 2.05) is 0 Å². The zero-order chi connectivity index (χ0) is 13.2. The van der Waals surface area contributed by atoms with Crippen LogP contribution in [0.5, 0.6) is 0 Å². The Kier molecular flexibility index (Phi) is 2.70. The predicted octanol–water partition coefficient (Wildman–Crippen LogP) is 4.23. The molecule has 0 heterocycles. The van der Waals surface area contributed by atoms with Crippen LogP contribution in [0.4, 0.5) is 0 Å². The maximum atomic E-state index is 4.03. The fourth-order valence-electron chi connectivity index (χ4n) is 5.24. The monoisotopic (exact) mass is 249 g/mol. The summed E-state index contributed by atoms with van der Waals surface area (Å²) in [5, 5.41) is 4.03. The second-order valence-electron chi connectivity index (χ2n) is 8.75. The molecule has 0 aromatic rings. The van der Waals surface area contributed by atoms with E-state index in [0.29, 0.717) is 16.2 Å². The van der Waals surface area contributed by atoms with Crippen molar-refractivity contribution >= 4 is 0 Å². The summed E-state index contributed by atoms with van der Waals surface area (Å²) >= 11 is 0. The highest BCUT2D eigenvalue weighted by molar-refractivity contribution is 5.13. The van der Waals surface area contributed by atoms with E-state index in [1.165, 1.54) is 38.6 Å². The molecule has 1 N–H and O–H groups in total. The SMILES string of the molecule is CC(C)C1(CNC2C3(C)CCC(C3)C2(C)C)CC1. The third-order valence-corrected chi connectivity index (χ3v) is 7.04. The fourth-order valence-corrected chi connectivity index (χ4v) is 5.24. The third-order valence-electron chi connectivity index (χ3n) is 7.04. The quantitative estimate of drug-likeness (QED) is 0.786. The summed E-state index contributed by atoms with van der Waals surface area (Å²) in [5.41, 5.74) is 1.75. The van der Waals surface area contributed by atoms with E-state index in [2.05, 4.69) is 39.9 Å². The minimum absolute atomic E-state index is 0.514. The van der Waals surface area contributed by atoms with Crippen molar-refractivity contribution in [2.75, 3.05) is 6.54 Å². The summed E-state index contributed by atoms with van der Waals surface area (Å²) in [6, 6.07) is 0.750. The average Bonchev–Trinajstić information content (AvgIpc) is 2.90. The van der Waals surface area contributed by atoms with E-state index in [0.717, 1.165) is 17.9 Å². The summed E-state index contributed by atoms with van der Waals surface area (Å²) < 4.78 is 0. The topological polar surface area (TPSA) is 12.0 Å². The highest BCUT2D eigenvalue weighted by atomic mass is 15.0. The Labute approximate surface area is 113 Å². The van der Waals surface area contributed by atoms with Crippen LogP contribution in [-0.4, -0.2) is 12.6 Å². The largest absolute Gasteiger partial charge is 0.312 e. The fraction of sp³-hybridized carbons (Fsp3) is 1.00. The van der Waals surface area contributed by atoms with Crippen molar-refractivity contribution in [1.29, 1.82) is 0 Å². The van der Waals surface area contributed by atoms with Crippen molar-refractivity contribution in [3.63, 3.8) is 0 Å². The van der Waals surface area contributed by atoms with Gasteiger partial charge in [-0.3, -0.25) is 0 Å². The molecule has 3 atom stereocenters. The number of fused-ring (bicyclic) bond motifs is 2. The summed E-state index contributed by atoms with van der Waals surface area (Å²) in [4.78, 5) is 0. The predicted molar refractivity (Wildman–Crippen MR) is 77.5 cm³/mol. The number of hydrogen-bond donors (Lipinski definition) is 1. The van der Waals surface area contributed by atoms with Crippen molar-refractivity contribution in [2.45, 2.75) is 72.8 Å². The molecule has 104 valence electrons. The van der Waals surface area contributed by atoms with Crippen LogP contribution >= 0.6 is 0 Å². The van der Waals surface area contributed by atoms with Crippen molar-refractivity contribution in [2.24, 2.45) is 28.1 Å². The second kappa shape index (κ2) is 3.75. The zero-order valence-electron chi connectivity index (χ0n) is 13.0. The Morgan fingerprint density at radius 2 is 1.78 bits per heavy atom. The number of hydrogen-bond acceptors (Lipinski definition) is 1. The summed E-state index contributed by atoms with van der Waals surface area (Å²) in [7, 11) is 0. The zero-order valence-corrected chi connectivity index (χ0v) is 13.0. The van der Waals surface area contributed by atoms with E-state index >= 15 is 0 Å². The third kappa shape index (κ3) is 1.69. The molecule has 3 aliphatic rings. The van der Waals surface area contributed by atoms with Crippen LogP contribution in [0, 0.1) is 28.1 Å². The molecular weight excluding hydrogens is 218 g/mol. The summed E-state index contributed by atoms with van der Waals surface area (Å²) in [5.74, 6) is 1.81. The van der Waals surface area contributed by atoms with Gasteiger partial charge in [-0.15, -0.1) is 0 Å². The van der Waals surface area contributed by atoms with Gasteiger partial charge in [0.1, 0.15) is 0 Å². The van der Waals surface area contributed by atoms with Gasteiger partial charge in [-0.1, -0.05) is 34.6 Å². The molecule has 18 heavy (non-hydrogen) atoms. The van der Waals surface area contributed by atoms with Gasteiger partial charge in [0, 0.05) is 12.6 Å². The standard InChI is InChI=1S/C17H31N/c1-12(2)17(8-9-17)11-18-14-15(3,4)13-6-7-16(14,5)10-13/h12-14,18H,6-11H2,1-5H3. The molecule has 1 nitrogen and oxygen atoms in total. The van der Waals surface area contributed by atoms with Gasteiger partial charge in [0.05, 0.1) is 0 Å². The van der Waals surface area contributed by atoms with Gasteiger partial charge in [-0.05, 0) is 60.2 Å². The van der Waals surface area contributed by atoms with Crippen molar-refractivity contribution in [1.82, 2.24) is 5.32 Å². The van der Waals surface area contributed by atoms with Gasteiger partial charge in [0.2, 0.25) is 0 Å². The number of nitrogens with one attached hydrogen (secondary N) is 1. The Morgan fingerprint density at radius 3 is 2.22 bits per heavy atom. The van der Waals surface area contributed by atoms with Crippen LogP contribution in [-0.2, 0) is 0 Å². The molecule has 0 aromatic carbocycles. The van der Waals surface area contributed by atoms with E-state index in [-0.39, 0.29) is 0 Å². The lowest BCUT2D eigenvalue weighted by atomic mass is 9.68. The lowest BCUT2D eigenvalue weighted by Crippen LogP contribution is -2.52. The molecule has 3 aliphatic carbocycles. The van der Waals surface area contributed by atoms with E-state index < -0.39 is 0 Å². The Hall–Kier alpha value is -0.0400. The molecule has 0 amide bonds. The van der Waals surface area contributed by atoms with Gasteiger partial charge in [0.15, 0.2) is 0 Å². The Bertz CT molecular complexity index is 335. The van der Waals surface area contributed by atoms with Crippen LogP contribution in [0.1, 0.15) is 66.7 Å². The molecule has 1 heteroatoms. The van der Waals surface area contributed by atoms with E-state index in [1.54, 1.807) is 0 Å². The van der Waals surface area contributed by atoms with Crippen LogP contribution < -0.4 is 5.32 Å². The van der Waals surface area contributed by atoms with E-state index in [9.17, 15) is 0 Å². The molecule has 3 unspecified atom stereocenters. The Morgan fingerprint density at radius 1 is 1.11 bits per heavy atom.